The lowest BCUT2D eigenvalue weighted by atomic mass is 10.1. The third-order valence-electron chi connectivity index (χ3n) is 4.78. The van der Waals surface area contributed by atoms with Crippen LogP contribution in [0, 0.1) is 0 Å². The lowest BCUT2D eigenvalue weighted by Gasteiger charge is -2.11. The van der Waals surface area contributed by atoms with Gasteiger partial charge < -0.3 is 10.1 Å². The Kier molecular flexibility index (Phi) is 5.42. The third kappa shape index (κ3) is 4.28. The van der Waals surface area contributed by atoms with Crippen molar-refractivity contribution < 1.29 is 22.7 Å². The van der Waals surface area contributed by atoms with Crippen LogP contribution in [0.5, 0.6) is 5.88 Å². The van der Waals surface area contributed by atoms with Gasteiger partial charge in [0.2, 0.25) is 5.88 Å². The molecule has 0 bridgehead atoms. The van der Waals surface area contributed by atoms with Gasteiger partial charge in [-0.3, -0.25) is 4.79 Å². The molecule has 1 heterocycles. The van der Waals surface area contributed by atoms with Crippen LogP contribution in [-0.2, 0) is 23.8 Å². The molecule has 1 aliphatic carbocycles. The van der Waals surface area contributed by atoms with Crippen LogP contribution in [0.1, 0.15) is 23.2 Å². The smallest absolute Gasteiger partial charge is 0.435 e. The molecule has 0 spiro atoms. The minimum atomic E-state index is -4.67. The quantitative estimate of drug-likeness (QED) is 0.610. The van der Waals surface area contributed by atoms with Crippen LogP contribution in [0.3, 0.4) is 0 Å². The predicted octanol–water partition coefficient (Wildman–Crippen LogP) is 5.05. The lowest BCUT2D eigenvalue weighted by Crippen LogP contribution is -2.21. The number of amides is 1. The minimum Gasteiger partial charge on any atom is -0.467 e. The Morgan fingerprint density at radius 3 is 2.67 bits per heavy atom. The summed E-state index contributed by atoms with van der Waals surface area (Å²) in [4.78, 5) is 12.3. The third-order valence-corrected chi connectivity index (χ3v) is 5.10. The van der Waals surface area contributed by atoms with Crippen molar-refractivity contribution in [3.05, 3.63) is 70.4 Å². The normalized spacial score (nSPS) is 13.2. The summed E-state index contributed by atoms with van der Waals surface area (Å²) in [5.41, 5.74) is 2.16. The van der Waals surface area contributed by atoms with Gasteiger partial charge in [-0.25, -0.2) is 0 Å². The largest absolute Gasteiger partial charge is 0.467 e. The van der Waals surface area contributed by atoms with Crippen LogP contribution < -0.4 is 10.1 Å². The molecule has 9 heteroatoms. The van der Waals surface area contributed by atoms with Gasteiger partial charge in [0.05, 0.1) is 10.7 Å². The molecule has 0 aliphatic heterocycles. The van der Waals surface area contributed by atoms with Gasteiger partial charge >= 0.3 is 6.18 Å². The Balaban J connectivity index is 1.51. The molecule has 1 aliphatic rings. The van der Waals surface area contributed by atoms with E-state index in [2.05, 4.69) is 10.4 Å². The monoisotopic (exact) mass is 435 g/mol. The Labute approximate surface area is 175 Å². The fourth-order valence-corrected chi connectivity index (χ4v) is 3.60. The molecule has 5 nitrogen and oxygen atoms in total. The van der Waals surface area contributed by atoms with E-state index in [0.29, 0.717) is 5.69 Å². The number of aryl methyl sites for hydroxylation is 2. The number of ether oxygens (including phenoxy) is 1. The second-order valence-corrected chi connectivity index (χ2v) is 7.31. The van der Waals surface area contributed by atoms with Gasteiger partial charge in [-0.1, -0.05) is 29.8 Å². The fraction of sp³-hybridized carbons (Fsp3) is 0.238. The highest BCUT2D eigenvalue weighted by molar-refractivity contribution is 6.32. The number of para-hydroxylation sites is 1. The summed E-state index contributed by atoms with van der Waals surface area (Å²) in [6, 6.07) is 12.7. The van der Waals surface area contributed by atoms with E-state index in [4.69, 9.17) is 16.3 Å². The highest BCUT2D eigenvalue weighted by Gasteiger charge is 2.36. The SMILES string of the molecule is O=C(COc1cc(C(F)(F)F)nn1-c1ccccc1Cl)Nc1ccc2c(c1)CCC2. The molecule has 4 rings (SSSR count). The van der Waals surface area contributed by atoms with Crippen LogP contribution in [0.15, 0.2) is 48.5 Å². The van der Waals surface area contributed by atoms with Crippen molar-refractivity contribution in [2.75, 3.05) is 11.9 Å². The number of carbonyl (C=O) groups is 1. The molecule has 0 saturated heterocycles. The number of hydrogen-bond acceptors (Lipinski definition) is 3. The summed E-state index contributed by atoms with van der Waals surface area (Å²) in [5.74, 6) is -0.729. The fourth-order valence-electron chi connectivity index (χ4n) is 3.39. The molecule has 1 amide bonds. The number of nitrogens with one attached hydrogen (secondary N) is 1. The van der Waals surface area contributed by atoms with Crippen LogP contribution >= 0.6 is 11.6 Å². The molecule has 0 saturated carbocycles. The Bertz CT molecular complexity index is 1100. The van der Waals surface area contributed by atoms with E-state index in [0.717, 1.165) is 30.0 Å². The van der Waals surface area contributed by atoms with Gasteiger partial charge in [0.25, 0.3) is 5.91 Å². The highest BCUT2D eigenvalue weighted by Crippen LogP contribution is 2.33. The molecule has 1 N–H and O–H groups in total. The first-order valence-corrected chi connectivity index (χ1v) is 9.66. The van der Waals surface area contributed by atoms with Gasteiger partial charge in [0.15, 0.2) is 12.3 Å². The van der Waals surface area contributed by atoms with E-state index in [1.54, 1.807) is 18.2 Å². The van der Waals surface area contributed by atoms with Gasteiger partial charge in [0.1, 0.15) is 0 Å². The number of anilines is 1. The Hall–Kier alpha value is -3.00. The maximum Gasteiger partial charge on any atom is 0.435 e. The number of benzene rings is 2. The van der Waals surface area contributed by atoms with Gasteiger partial charge in [-0.05, 0) is 54.7 Å². The van der Waals surface area contributed by atoms with Crippen molar-refractivity contribution in [2.45, 2.75) is 25.4 Å². The molecule has 0 radical (unpaired) electrons. The number of halogens is 4. The summed E-state index contributed by atoms with van der Waals surface area (Å²) in [6.45, 7) is -0.482. The number of aromatic nitrogens is 2. The first-order valence-electron chi connectivity index (χ1n) is 9.28. The summed E-state index contributed by atoms with van der Waals surface area (Å²) >= 11 is 6.09. The number of hydrogen-bond donors (Lipinski definition) is 1. The number of carbonyl (C=O) groups excluding carboxylic acids is 1. The second-order valence-electron chi connectivity index (χ2n) is 6.90. The second kappa shape index (κ2) is 8.02. The maximum absolute atomic E-state index is 13.1. The molecular formula is C21H17ClF3N3O2. The number of rotatable bonds is 5. The number of alkyl halides is 3. The molecule has 0 unspecified atom stereocenters. The van der Waals surface area contributed by atoms with Crippen LogP contribution in [-0.4, -0.2) is 22.3 Å². The average Bonchev–Trinajstić information content (AvgIpc) is 3.33. The van der Waals surface area contributed by atoms with E-state index in [1.165, 1.54) is 23.3 Å². The van der Waals surface area contributed by atoms with Crippen LogP contribution in [0.2, 0.25) is 5.02 Å². The Morgan fingerprint density at radius 2 is 1.90 bits per heavy atom. The van der Waals surface area contributed by atoms with E-state index in [1.807, 2.05) is 12.1 Å². The van der Waals surface area contributed by atoms with Crippen molar-refractivity contribution in [2.24, 2.45) is 0 Å². The van der Waals surface area contributed by atoms with Crippen molar-refractivity contribution in [3.8, 4) is 11.6 Å². The molecule has 1 aromatic heterocycles. The number of nitrogens with zero attached hydrogens (tertiary/aromatic N) is 2. The lowest BCUT2D eigenvalue weighted by molar-refractivity contribution is -0.141. The molecule has 2 aromatic carbocycles. The zero-order chi connectivity index (χ0) is 21.3. The van der Waals surface area contributed by atoms with E-state index in [-0.39, 0.29) is 16.6 Å². The van der Waals surface area contributed by atoms with E-state index in [9.17, 15) is 18.0 Å². The van der Waals surface area contributed by atoms with Gasteiger partial charge in [0, 0.05) is 11.8 Å². The highest BCUT2D eigenvalue weighted by atomic mass is 35.5. The molecule has 3 aromatic rings. The van der Waals surface area contributed by atoms with Gasteiger partial charge in [-0.2, -0.15) is 23.0 Å². The Morgan fingerprint density at radius 1 is 1.13 bits per heavy atom. The predicted molar refractivity (Wildman–Crippen MR) is 106 cm³/mol. The first kappa shape index (κ1) is 20.3. The molecule has 0 atom stereocenters. The minimum absolute atomic E-state index is 0.196. The van der Waals surface area contributed by atoms with E-state index < -0.39 is 24.4 Å². The maximum atomic E-state index is 13.1. The van der Waals surface area contributed by atoms with Crippen molar-refractivity contribution >= 4 is 23.2 Å². The summed E-state index contributed by atoms with van der Waals surface area (Å²) in [5, 5.41) is 6.47. The molecular weight excluding hydrogens is 419 g/mol. The number of fused-ring (bicyclic) bond motifs is 1. The van der Waals surface area contributed by atoms with Crippen LogP contribution in [0.25, 0.3) is 5.69 Å². The zero-order valence-corrected chi connectivity index (χ0v) is 16.4. The topological polar surface area (TPSA) is 56.1 Å². The molecule has 156 valence electrons. The van der Waals surface area contributed by atoms with E-state index >= 15 is 0 Å². The van der Waals surface area contributed by atoms with Crippen LogP contribution in [0.4, 0.5) is 18.9 Å². The average molecular weight is 436 g/mol. The summed E-state index contributed by atoms with van der Waals surface area (Å²) < 4.78 is 45.8. The van der Waals surface area contributed by atoms with Crippen molar-refractivity contribution in [1.29, 1.82) is 0 Å². The van der Waals surface area contributed by atoms with Gasteiger partial charge in [-0.15, -0.1) is 0 Å². The van der Waals surface area contributed by atoms with Crippen molar-refractivity contribution in [1.82, 2.24) is 9.78 Å². The summed E-state index contributed by atoms with van der Waals surface area (Å²) in [6.07, 6.45) is -1.59. The summed E-state index contributed by atoms with van der Waals surface area (Å²) in [7, 11) is 0. The van der Waals surface area contributed by atoms with Crippen molar-refractivity contribution in [3.63, 3.8) is 0 Å². The molecule has 30 heavy (non-hydrogen) atoms. The standard InChI is InChI=1S/C21H17ClF3N3O2/c22-16-6-1-2-7-17(16)28-20(11-18(27-28)21(23,24)25)30-12-19(29)26-15-9-8-13-4-3-5-14(13)10-15/h1-2,6-11H,3-5,12H2,(H,26,29). The zero-order valence-electron chi connectivity index (χ0n) is 15.7. The molecule has 0 fully saturated rings. The first-order chi connectivity index (χ1) is 14.3.